The highest BCUT2D eigenvalue weighted by atomic mass is 79.9. The fraction of sp³-hybridized carbons (Fsp3) is 0.250. The summed E-state index contributed by atoms with van der Waals surface area (Å²) < 4.78 is 16.6. The Kier molecular flexibility index (Phi) is 4.77. The molecule has 3 aromatic heterocycles. The second-order valence-corrected chi connectivity index (χ2v) is 6.47. The van der Waals surface area contributed by atoms with Gasteiger partial charge in [0.2, 0.25) is 16.9 Å². The van der Waals surface area contributed by atoms with Crippen LogP contribution in [0.3, 0.4) is 0 Å². The molecule has 0 saturated carbocycles. The fourth-order valence-corrected chi connectivity index (χ4v) is 3.01. The monoisotopic (exact) mass is 447 g/mol. The van der Waals surface area contributed by atoms with E-state index in [1.54, 1.807) is 30.6 Å². The first-order valence-electron chi connectivity index (χ1n) is 8.21. The number of nitrogens with one attached hydrogen (secondary N) is 1. The standard InChI is InChI=1S/C16H14BrN7O4/c1-3-27-16(25)10(17)13-20-21-14-11(18-8-4-6-9(26-2)7-5-8)19-12-15(24(13)14)23-28-22-12/h4-7,10H,3H2,1-2H3,(H,18,19,22). The molecule has 12 heteroatoms. The normalized spacial score (nSPS) is 12.2. The molecule has 0 fully saturated rings. The van der Waals surface area contributed by atoms with Crippen LogP contribution in [0, 0.1) is 0 Å². The van der Waals surface area contributed by atoms with Gasteiger partial charge in [0.05, 0.1) is 13.7 Å². The van der Waals surface area contributed by atoms with E-state index in [9.17, 15) is 4.79 Å². The first kappa shape index (κ1) is 18.1. The highest BCUT2D eigenvalue weighted by molar-refractivity contribution is 9.09. The van der Waals surface area contributed by atoms with Crippen molar-refractivity contribution in [3.63, 3.8) is 0 Å². The van der Waals surface area contributed by atoms with Crippen molar-refractivity contribution in [3.05, 3.63) is 30.1 Å². The van der Waals surface area contributed by atoms with Crippen molar-refractivity contribution >= 4 is 50.3 Å². The van der Waals surface area contributed by atoms with E-state index in [-0.39, 0.29) is 23.7 Å². The lowest BCUT2D eigenvalue weighted by atomic mass is 10.3. The Bertz CT molecular complexity index is 1140. The van der Waals surface area contributed by atoms with Gasteiger partial charge < -0.3 is 14.8 Å². The first-order chi connectivity index (χ1) is 13.6. The maximum atomic E-state index is 12.1. The van der Waals surface area contributed by atoms with Gasteiger partial charge in [0.1, 0.15) is 5.75 Å². The van der Waals surface area contributed by atoms with Crippen molar-refractivity contribution in [2.45, 2.75) is 11.8 Å². The number of benzene rings is 1. The minimum Gasteiger partial charge on any atom is -0.497 e. The quantitative estimate of drug-likeness (QED) is 0.347. The number of esters is 1. The second-order valence-electron chi connectivity index (χ2n) is 5.56. The lowest BCUT2D eigenvalue weighted by molar-refractivity contribution is -0.142. The van der Waals surface area contributed by atoms with Crippen molar-refractivity contribution in [1.29, 1.82) is 0 Å². The zero-order valence-electron chi connectivity index (χ0n) is 14.8. The van der Waals surface area contributed by atoms with Gasteiger partial charge in [-0.05, 0) is 41.5 Å². The number of ether oxygens (including phenoxy) is 2. The lowest BCUT2D eigenvalue weighted by Gasteiger charge is -2.09. The maximum absolute atomic E-state index is 12.1. The van der Waals surface area contributed by atoms with Crippen LogP contribution in [0.25, 0.3) is 16.9 Å². The Balaban J connectivity index is 1.81. The van der Waals surface area contributed by atoms with Crippen molar-refractivity contribution in [3.8, 4) is 5.75 Å². The van der Waals surface area contributed by atoms with Crippen LogP contribution in [0.4, 0.5) is 11.5 Å². The molecule has 0 spiro atoms. The zero-order valence-corrected chi connectivity index (χ0v) is 16.4. The summed E-state index contributed by atoms with van der Waals surface area (Å²) in [5.74, 6) is 0.869. The van der Waals surface area contributed by atoms with Crippen molar-refractivity contribution < 1.29 is 18.9 Å². The van der Waals surface area contributed by atoms with Crippen LogP contribution in [0.15, 0.2) is 28.9 Å². The number of alkyl halides is 1. The van der Waals surface area contributed by atoms with E-state index in [0.29, 0.717) is 11.5 Å². The number of rotatable bonds is 6. The van der Waals surface area contributed by atoms with Gasteiger partial charge in [0.15, 0.2) is 16.5 Å². The molecule has 0 radical (unpaired) electrons. The third-order valence-corrected chi connectivity index (χ3v) is 4.64. The lowest BCUT2D eigenvalue weighted by Crippen LogP contribution is -2.14. The Morgan fingerprint density at radius 3 is 2.75 bits per heavy atom. The molecule has 28 heavy (non-hydrogen) atoms. The van der Waals surface area contributed by atoms with E-state index in [1.807, 2.05) is 12.1 Å². The number of carbonyl (C=O) groups is 1. The third kappa shape index (κ3) is 3.11. The minimum absolute atomic E-state index is 0.230. The van der Waals surface area contributed by atoms with E-state index in [4.69, 9.17) is 14.1 Å². The van der Waals surface area contributed by atoms with Crippen molar-refractivity contribution in [1.82, 2.24) is 29.9 Å². The summed E-state index contributed by atoms with van der Waals surface area (Å²) in [6.45, 7) is 1.96. The van der Waals surface area contributed by atoms with Gasteiger partial charge in [0.25, 0.3) is 0 Å². The van der Waals surface area contributed by atoms with E-state index in [2.05, 4.69) is 46.7 Å². The van der Waals surface area contributed by atoms with Crippen LogP contribution in [-0.4, -0.2) is 49.6 Å². The largest absolute Gasteiger partial charge is 0.497 e. The van der Waals surface area contributed by atoms with E-state index < -0.39 is 10.8 Å². The summed E-state index contributed by atoms with van der Waals surface area (Å²) >= 11 is 3.30. The van der Waals surface area contributed by atoms with Gasteiger partial charge in [-0.25, -0.2) is 9.61 Å². The van der Waals surface area contributed by atoms with Crippen molar-refractivity contribution in [2.75, 3.05) is 19.0 Å². The number of aromatic nitrogens is 6. The van der Waals surface area contributed by atoms with Crippen LogP contribution in [0.5, 0.6) is 5.75 Å². The molecule has 11 nitrogen and oxygen atoms in total. The second kappa shape index (κ2) is 7.38. The van der Waals surface area contributed by atoms with Crippen LogP contribution in [0.2, 0.25) is 0 Å². The summed E-state index contributed by atoms with van der Waals surface area (Å²) in [6, 6.07) is 7.26. The van der Waals surface area contributed by atoms with Crippen LogP contribution in [-0.2, 0) is 9.53 Å². The fourth-order valence-electron chi connectivity index (χ4n) is 2.58. The van der Waals surface area contributed by atoms with Crippen LogP contribution >= 0.6 is 15.9 Å². The molecule has 4 rings (SSSR count). The maximum Gasteiger partial charge on any atom is 0.327 e. The highest BCUT2D eigenvalue weighted by Crippen LogP contribution is 2.29. The van der Waals surface area contributed by atoms with Crippen molar-refractivity contribution in [2.24, 2.45) is 0 Å². The SMILES string of the molecule is CCOC(=O)C(Br)c1nnc2c(Nc3ccc(OC)cc3)nc3nonc3n12. The molecule has 3 heterocycles. The summed E-state index contributed by atoms with van der Waals surface area (Å²) in [7, 11) is 1.59. The smallest absolute Gasteiger partial charge is 0.327 e. The van der Waals surface area contributed by atoms with E-state index in [0.717, 1.165) is 11.4 Å². The molecule has 144 valence electrons. The van der Waals surface area contributed by atoms with Crippen LogP contribution in [0.1, 0.15) is 17.6 Å². The number of methoxy groups -OCH3 is 1. The molecular formula is C16H14BrN7O4. The van der Waals surface area contributed by atoms with Gasteiger partial charge in [0, 0.05) is 5.69 Å². The molecule has 0 aliphatic heterocycles. The van der Waals surface area contributed by atoms with E-state index in [1.165, 1.54) is 0 Å². The Morgan fingerprint density at radius 2 is 2.04 bits per heavy atom. The van der Waals surface area contributed by atoms with Gasteiger partial charge >= 0.3 is 5.97 Å². The molecule has 0 amide bonds. The molecule has 1 atom stereocenters. The summed E-state index contributed by atoms with van der Waals surface area (Å²) in [5.41, 5.74) is 1.61. The number of carbonyl (C=O) groups excluding carboxylic acids is 1. The molecular weight excluding hydrogens is 434 g/mol. The number of hydrogen-bond donors (Lipinski definition) is 1. The van der Waals surface area contributed by atoms with Gasteiger partial charge in [-0.15, -0.1) is 10.2 Å². The highest BCUT2D eigenvalue weighted by Gasteiger charge is 2.28. The molecule has 1 N–H and O–H groups in total. The Morgan fingerprint density at radius 1 is 1.25 bits per heavy atom. The summed E-state index contributed by atoms with van der Waals surface area (Å²) in [5, 5.41) is 19.1. The number of fused-ring (bicyclic) bond motifs is 3. The number of nitrogens with zero attached hydrogens (tertiary/aromatic N) is 6. The Labute approximate surface area is 166 Å². The predicted octanol–water partition coefficient (Wildman–Crippen LogP) is 2.41. The van der Waals surface area contributed by atoms with Gasteiger partial charge in [-0.2, -0.15) is 0 Å². The number of anilines is 2. The summed E-state index contributed by atoms with van der Waals surface area (Å²) in [4.78, 5) is 15.7. The molecule has 4 aromatic rings. The van der Waals surface area contributed by atoms with E-state index >= 15 is 0 Å². The minimum atomic E-state index is -0.849. The van der Waals surface area contributed by atoms with Crippen LogP contribution < -0.4 is 10.1 Å². The predicted molar refractivity (Wildman–Crippen MR) is 101 cm³/mol. The average Bonchev–Trinajstić information content (AvgIpc) is 3.35. The first-order valence-corrected chi connectivity index (χ1v) is 9.13. The molecule has 0 bridgehead atoms. The topological polar surface area (TPSA) is 130 Å². The number of hydrogen-bond acceptors (Lipinski definition) is 10. The van der Waals surface area contributed by atoms with Gasteiger partial charge in [-0.1, -0.05) is 15.9 Å². The number of halogens is 1. The molecule has 0 aliphatic carbocycles. The molecule has 0 aliphatic rings. The van der Waals surface area contributed by atoms with Gasteiger partial charge in [-0.3, -0.25) is 9.20 Å². The summed E-state index contributed by atoms with van der Waals surface area (Å²) in [6.07, 6.45) is 0. The third-order valence-electron chi connectivity index (χ3n) is 3.86. The average molecular weight is 448 g/mol. The zero-order chi connectivity index (χ0) is 19.7. The molecule has 1 unspecified atom stereocenters. The molecule has 1 aromatic carbocycles. The Hall–Kier alpha value is -3.28. The molecule has 0 saturated heterocycles.